The summed E-state index contributed by atoms with van der Waals surface area (Å²) >= 11 is 0. The first kappa shape index (κ1) is 16.3. The molecule has 2 aliphatic heterocycles. The standard InChI is InChI=1S/C18H19N5O3/c1-11-14-8-12(16(24)22-6-2-3-7-22)4-5-15(14)21-18(20-11)23-10-13(9-19-23)17(25)26/h5,8-10,12H,1-4,6-7H2,(H,20,21)(H,25,26). The third kappa shape index (κ3) is 2.83. The molecule has 26 heavy (non-hydrogen) atoms. The third-order valence-corrected chi connectivity index (χ3v) is 4.80. The van der Waals surface area contributed by atoms with E-state index in [9.17, 15) is 9.59 Å². The van der Waals surface area contributed by atoms with Gasteiger partial charge in [-0.3, -0.25) is 4.79 Å². The maximum Gasteiger partial charge on any atom is 0.338 e. The Hall–Kier alpha value is -3.16. The molecule has 1 fully saturated rings. The summed E-state index contributed by atoms with van der Waals surface area (Å²) in [4.78, 5) is 30.1. The molecular formula is C18H19N5O3. The minimum Gasteiger partial charge on any atom is -0.478 e. The van der Waals surface area contributed by atoms with Crippen molar-refractivity contribution >= 4 is 17.8 Å². The number of likely N-dealkylation sites (tertiary alicyclic amines) is 1. The Morgan fingerprint density at radius 1 is 1.31 bits per heavy atom. The highest BCUT2D eigenvalue weighted by molar-refractivity contribution is 5.92. The quantitative estimate of drug-likeness (QED) is 0.836. The van der Waals surface area contributed by atoms with Crippen LogP contribution in [0.25, 0.3) is 0 Å². The van der Waals surface area contributed by atoms with E-state index in [1.165, 1.54) is 17.1 Å². The molecule has 4 rings (SSSR count). The Labute approximate surface area is 150 Å². The van der Waals surface area contributed by atoms with Crippen molar-refractivity contribution < 1.29 is 14.7 Å². The fraction of sp³-hybridized carbons (Fsp3) is 0.333. The van der Waals surface area contributed by atoms with Gasteiger partial charge in [-0.05, 0) is 19.3 Å². The minimum absolute atomic E-state index is 0.0790. The van der Waals surface area contributed by atoms with Gasteiger partial charge in [-0.25, -0.2) is 14.5 Å². The van der Waals surface area contributed by atoms with E-state index in [0.717, 1.165) is 37.2 Å². The Kier molecular flexibility index (Phi) is 3.95. The van der Waals surface area contributed by atoms with Crippen molar-refractivity contribution in [2.75, 3.05) is 13.1 Å². The second kappa shape index (κ2) is 6.29. The summed E-state index contributed by atoms with van der Waals surface area (Å²) in [5.74, 6) is -0.695. The predicted octanol–water partition coefficient (Wildman–Crippen LogP) is 1.35. The summed E-state index contributed by atoms with van der Waals surface area (Å²) in [5.41, 5.74) is 2.23. The van der Waals surface area contributed by atoms with Gasteiger partial charge in [0.2, 0.25) is 11.9 Å². The fourth-order valence-corrected chi connectivity index (χ4v) is 3.41. The van der Waals surface area contributed by atoms with Crippen molar-refractivity contribution in [2.45, 2.75) is 19.3 Å². The Morgan fingerprint density at radius 2 is 2.08 bits per heavy atom. The van der Waals surface area contributed by atoms with Crippen LogP contribution in [0.3, 0.4) is 0 Å². The summed E-state index contributed by atoms with van der Waals surface area (Å²) in [6.07, 6.45) is 9.25. The average Bonchev–Trinajstić information content (AvgIpc) is 3.32. The summed E-state index contributed by atoms with van der Waals surface area (Å²) in [6, 6.07) is 0. The Balaban J connectivity index is 1.57. The second-order valence-electron chi connectivity index (χ2n) is 6.56. The van der Waals surface area contributed by atoms with E-state index in [0.29, 0.717) is 18.1 Å². The molecule has 1 atom stereocenters. The number of allylic oxidation sites excluding steroid dienone is 1. The SMILES string of the molecule is C=C1NC(n2cc(C(=O)O)cn2)=NC2=CCC(C(=O)N3CCCC3)C=C12. The number of nitrogens with one attached hydrogen (secondary N) is 1. The summed E-state index contributed by atoms with van der Waals surface area (Å²) in [5, 5.41) is 16.1. The topological polar surface area (TPSA) is 99.8 Å². The van der Waals surface area contributed by atoms with Crippen LogP contribution in [0.15, 0.2) is 53.1 Å². The number of carbonyl (C=O) groups is 2. The number of rotatable bonds is 2. The lowest BCUT2D eigenvalue weighted by atomic mass is 9.91. The maximum atomic E-state index is 12.6. The van der Waals surface area contributed by atoms with Crippen LogP contribution in [0.1, 0.15) is 29.6 Å². The van der Waals surface area contributed by atoms with Gasteiger partial charge < -0.3 is 15.3 Å². The average molecular weight is 353 g/mol. The zero-order valence-electron chi connectivity index (χ0n) is 14.2. The number of amides is 1. The molecular weight excluding hydrogens is 334 g/mol. The van der Waals surface area contributed by atoms with E-state index in [1.54, 1.807) is 0 Å². The van der Waals surface area contributed by atoms with Gasteiger partial charge in [-0.15, -0.1) is 0 Å². The Bertz CT molecular complexity index is 886. The van der Waals surface area contributed by atoms with Crippen molar-refractivity contribution in [1.82, 2.24) is 20.0 Å². The van der Waals surface area contributed by atoms with Crippen LogP contribution in [0.2, 0.25) is 0 Å². The predicted molar refractivity (Wildman–Crippen MR) is 94.4 cm³/mol. The second-order valence-corrected chi connectivity index (χ2v) is 6.56. The highest BCUT2D eigenvalue weighted by Gasteiger charge is 2.30. The van der Waals surface area contributed by atoms with Gasteiger partial charge in [0.15, 0.2) is 0 Å². The maximum absolute atomic E-state index is 12.6. The molecule has 0 saturated carbocycles. The van der Waals surface area contributed by atoms with Gasteiger partial charge >= 0.3 is 5.97 Å². The van der Waals surface area contributed by atoms with Crippen molar-refractivity contribution in [2.24, 2.45) is 10.9 Å². The molecule has 8 nitrogen and oxygen atoms in total. The van der Waals surface area contributed by atoms with Crippen LogP contribution < -0.4 is 5.32 Å². The molecule has 1 aliphatic carbocycles. The van der Waals surface area contributed by atoms with E-state index in [-0.39, 0.29) is 17.4 Å². The van der Waals surface area contributed by atoms with Gasteiger partial charge in [0.1, 0.15) is 0 Å². The molecule has 1 aromatic heterocycles. The lowest BCUT2D eigenvalue weighted by Gasteiger charge is -2.28. The van der Waals surface area contributed by atoms with E-state index in [4.69, 9.17) is 5.11 Å². The van der Waals surface area contributed by atoms with E-state index in [1.807, 2.05) is 17.1 Å². The summed E-state index contributed by atoms with van der Waals surface area (Å²) < 4.78 is 1.37. The highest BCUT2D eigenvalue weighted by atomic mass is 16.4. The largest absolute Gasteiger partial charge is 0.478 e. The number of hydrogen-bond donors (Lipinski definition) is 2. The van der Waals surface area contributed by atoms with Crippen molar-refractivity contribution in [3.63, 3.8) is 0 Å². The van der Waals surface area contributed by atoms with E-state index in [2.05, 4.69) is 22.0 Å². The molecule has 3 heterocycles. The normalized spacial score (nSPS) is 22.2. The zero-order chi connectivity index (χ0) is 18.3. The number of nitrogens with zero attached hydrogens (tertiary/aromatic N) is 4. The number of aliphatic imine (C=N–C) groups is 1. The summed E-state index contributed by atoms with van der Waals surface area (Å²) in [7, 11) is 0. The molecule has 134 valence electrons. The highest BCUT2D eigenvalue weighted by Crippen LogP contribution is 2.31. The van der Waals surface area contributed by atoms with Crippen molar-refractivity contribution in [3.05, 3.63) is 53.7 Å². The molecule has 1 saturated heterocycles. The first-order chi connectivity index (χ1) is 12.5. The van der Waals surface area contributed by atoms with Crippen LogP contribution in [-0.2, 0) is 4.79 Å². The molecule has 0 aromatic carbocycles. The number of aromatic nitrogens is 2. The third-order valence-electron chi connectivity index (χ3n) is 4.80. The number of fused-ring (bicyclic) bond motifs is 1. The van der Waals surface area contributed by atoms with Crippen LogP contribution in [-0.4, -0.2) is 50.7 Å². The molecule has 2 N–H and O–H groups in total. The molecule has 1 aromatic rings. The number of carboxylic acid groups (broad SMARTS) is 1. The molecule has 0 bridgehead atoms. The number of carbonyl (C=O) groups excluding carboxylic acids is 1. The number of hydrogen-bond acceptors (Lipinski definition) is 5. The molecule has 8 heteroatoms. The fourth-order valence-electron chi connectivity index (χ4n) is 3.41. The first-order valence-corrected chi connectivity index (χ1v) is 8.57. The van der Waals surface area contributed by atoms with Gasteiger partial charge in [0, 0.05) is 30.6 Å². The van der Waals surface area contributed by atoms with Gasteiger partial charge in [0.25, 0.3) is 0 Å². The molecule has 1 unspecified atom stereocenters. The smallest absolute Gasteiger partial charge is 0.338 e. The number of aromatic carboxylic acids is 1. The van der Waals surface area contributed by atoms with Crippen molar-refractivity contribution in [3.8, 4) is 0 Å². The minimum atomic E-state index is -1.05. The lowest BCUT2D eigenvalue weighted by molar-refractivity contribution is -0.132. The monoisotopic (exact) mass is 353 g/mol. The molecule has 1 amide bonds. The molecule has 3 aliphatic rings. The van der Waals surface area contributed by atoms with Gasteiger partial charge in [0.05, 0.1) is 23.4 Å². The molecule has 0 spiro atoms. The van der Waals surface area contributed by atoms with Crippen LogP contribution in [0.5, 0.6) is 0 Å². The number of carboxylic acids is 1. The van der Waals surface area contributed by atoms with E-state index < -0.39 is 5.97 Å². The Morgan fingerprint density at radius 3 is 2.77 bits per heavy atom. The van der Waals surface area contributed by atoms with Gasteiger partial charge in [-0.2, -0.15) is 5.10 Å². The zero-order valence-corrected chi connectivity index (χ0v) is 14.2. The molecule has 0 radical (unpaired) electrons. The summed E-state index contributed by atoms with van der Waals surface area (Å²) in [6.45, 7) is 5.69. The van der Waals surface area contributed by atoms with Crippen LogP contribution in [0, 0.1) is 5.92 Å². The van der Waals surface area contributed by atoms with Crippen LogP contribution in [0.4, 0.5) is 0 Å². The van der Waals surface area contributed by atoms with Crippen molar-refractivity contribution in [1.29, 1.82) is 0 Å². The van der Waals surface area contributed by atoms with E-state index >= 15 is 0 Å². The van der Waals surface area contributed by atoms with Crippen LogP contribution >= 0.6 is 0 Å². The van der Waals surface area contributed by atoms with Gasteiger partial charge in [-0.1, -0.05) is 18.7 Å². The first-order valence-electron chi connectivity index (χ1n) is 8.57. The lowest BCUT2D eigenvalue weighted by Crippen LogP contribution is -2.37.